The Labute approximate surface area is 219 Å². The molecule has 8 nitrogen and oxygen atoms in total. The Morgan fingerprint density at radius 1 is 0.789 bits per heavy atom. The summed E-state index contributed by atoms with van der Waals surface area (Å²) in [6.45, 7) is 0. The second-order valence-electron chi connectivity index (χ2n) is 8.60. The molecule has 0 saturated carbocycles. The Bertz CT molecular complexity index is 1700. The fraction of sp³-hybridized carbons (Fsp3) is 0.100. The molecule has 1 heterocycles. The van der Waals surface area contributed by atoms with Gasteiger partial charge in [0, 0.05) is 42.0 Å². The highest BCUT2D eigenvalue weighted by Gasteiger charge is 2.18. The van der Waals surface area contributed by atoms with Crippen molar-refractivity contribution in [1.29, 1.82) is 0 Å². The van der Waals surface area contributed by atoms with Gasteiger partial charge in [-0.1, -0.05) is 18.2 Å². The molecule has 0 bridgehead atoms. The van der Waals surface area contributed by atoms with Crippen molar-refractivity contribution >= 4 is 39.2 Å². The number of benzene rings is 4. The highest BCUT2D eigenvalue weighted by Crippen LogP contribution is 2.35. The van der Waals surface area contributed by atoms with Crippen LogP contribution in [-0.2, 0) is 0 Å². The Balaban J connectivity index is 1.49. The minimum absolute atomic E-state index is 0.148. The van der Waals surface area contributed by atoms with E-state index in [1.807, 2.05) is 48.5 Å². The standard InChI is InChI=1S/C30H25N3O5/c1-33(19-7-5-8-20(15-19)36-2)30(35)23-9-4-6-18-14-21(10-11-22(18)23)38-27-12-13-32-26-17-28(37-3)25(29(31)34)16-24(26)27/h4-17H,1-3H3,(H2,31,34). The van der Waals surface area contributed by atoms with Crippen LogP contribution in [0.3, 0.4) is 0 Å². The minimum atomic E-state index is -0.611. The molecule has 190 valence electrons. The summed E-state index contributed by atoms with van der Waals surface area (Å²) in [5.41, 5.74) is 7.66. The SMILES string of the molecule is COc1cccc(N(C)C(=O)c2cccc3cc(Oc4ccnc5cc(OC)c(C(N)=O)cc45)ccc23)c1. The molecule has 0 aliphatic carbocycles. The van der Waals surface area contributed by atoms with Crippen LogP contribution >= 0.6 is 0 Å². The Morgan fingerprint density at radius 3 is 2.37 bits per heavy atom. The molecule has 0 aliphatic rings. The van der Waals surface area contributed by atoms with Gasteiger partial charge in [-0.15, -0.1) is 0 Å². The summed E-state index contributed by atoms with van der Waals surface area (Å²) in [5, 5.41) is 2.25. The van der Waals surface area contributed by atoms with Gasteiger partial charge in [-0.05, 0) is 59.3 Å². The molecule has 5 aromatic rings. The van der Waals surface area contributed by atoms with Crippen LogP contribution in [0.25, 0.3) is 21.7 Å². The van der Waals surface area contributed by atoms with Crippen molar-refractivity contribution in [3.05, 3.63) is 96.2 Å². The molecule has 0 aliphatic heterocycles. The van der Waals surface area contributed by atoms with Crippen molar-refractivity contribution in [3.8, 4) is 23.0 Å². The fourth-order valence-electron chi connectivity index (χ4n) is 4.35. The van der Waals surface area contributed by atoms with Crippen molar-refractivity contribution in [2.24, 2.45) is 5.73 Å². The van der Waals surface area contributed by atoms with E-state index in [9.17, 15) is 9.59 Å². The first-order chi connectivity index (χ1) is 18.4. The number of ether oxygens (including phenoxy) is 3. The van der Waals surface area contributed by atoms with Crippen molar-refractivity contribution in [1.82, 2.24) is 4.98 Å². The molecule has 2 N–H and O–H groups in total. The summed E-state index contributed by atoms with van der Waals surface area (Å²) in [4.78, 5) is 31.3. The Kier molecular flexibility index (Phi) is 6.53. The molecular weight excluding hydrogens is 482 g/mol. The van der Waals surface area contributed by atoms with Gasteiger partial charge in [0.05, 0.1) is 25.3 Å². The number of hydrogen-bond acceptors (Lipinski definition) is 6. The summed E-state index contributed by atoms with van der Waals surface area (Å²) in [7, 11) is 4.79. The first-order valence-corrected chi connectivity index (χ1v) is 11.8. The number of anilines is 1. The van der Waals surface area contributed by atoms with Crippen molar-refractivity contribution in [2.45, 2.75) is 0 Å². The number of amides is 2. The molecule has 2 amide bonds. The van der Waals surface area contributed by atoms with Crippen LogP contribution in [0.4, 0.5) is 5.69 Å². The van der Waals surface area contributed by atoms with Crippen LogP contribution < -0.4 is 24.8 Å². The average Bonchev–Trinajstić information content (AvgIpc) is 2.95. The maximum absolute atomic E-state index is 13.4. The second-order valence-corrected chi connectivity index (χ2v) is 8.60. The topological polar surface area (TPSA) is 104 Å². The average molecular weight is 508 g/mol. The number of aromatic nitrogens is 1. The number of hydrogen-bond donors (Lipinski definition) is 1. The molecular formula is C30H25N3O5. The van der Waals surface area contributed by atoms with Gasteiger partial charge in [0.25, 0.3) is 11.8 Å². The monoisotopic (exact) mass is 507 g/mol. The zero-order chi connectivity index (χ0) is 26.8. The largest absolute Gasteiger partial charge is 0.497 e. The summed E-state index contributed by atoms with van der Waals surface area (Å²) >= 11 is 0. The van der Waals surface area contributed by atoms with Crippen LogP contribution in [0.2, 0.25) is 0 Å². The zero-order valence-corrected chi connectivity index (χ0v) is 21.1. The van der Waals surface area contributed by atoms with E-state index in [4.69, 9.17) is 19.9 Å². The number of carbonyl (C=O) groups excluding carboxylic acids is 2. The fourth-order valence-corrected chi connectivity index (χ4v) is 4.35. The van der Waals surface area contributed by atoms with E-state index in [-0.39, 0.29) is 11.5 Å². The summed E-state index contributed by atoms with van der Waals surface area (Å²) in [6, 6.07) is 23.4. The van der Waals surface area contributed by atoms with Gasteiger partial charge in [-0.2, -0.15) is 0 Å². The number of nitrogens with two attached hydrogens (primary N) is 1. The molecule has 38 heavy (non-hydrogen) atoms. The van der Waals surface area contributed by atoms with Crippen molar-refractivity contribution in [3.63, 3.8) is 0 Å². The van der Waals surface area contributed by atoms with Gasteiger partial charge in [-0.25, -0.2) is 0 Å². The van der Waals surface area contributed by atoms with E-state index < -0.39 is 5.91 Å². The number of rotatable bonds is 7. The van der Waals surface area contributed by atoms with Gasteiger partial charge < -0.3 is 24.8 Å². The van der Waals surface area contributed by atoms with E-state index in [1.165, 1.54) is 7.11 Å². The molecule has 0 atom stereocenters. The molecule has 0 unspecified atom stereocenters. The highest BCUT2D eigenvalue weighted by molar-refractivity contribution is 6.14. The second kappa shape index (κ2) is 10.1. The summed E-state index contributed by atoms with van der Waals surface area (Å²) in [5.74, 6) is 1.32. The Morgan fingerprint density at radius 2 is 1.61 bits per heavy atom. The number of carbonyl (C=O) groups is 2. The lowest BCUT2D eigenvalue weighted by Gasteiger charge is -2.19. The molecule has 1 aromatic heterocycles. The number of nitrogens with zero attached hydrogens (tertiary/aromatic N) is 2. The van der Waals surface area contributed by atoms with Gasteiger partial charge in [0.15, 0.2) is 0 Å². The van der Waals surface area contributed by atoms with Crippen molar-refractivity contribution in [2.75, 3.05) is 26.2 Å². The normalized spacial score (nSPS) is 10.8. The molecule has 0 radical (unpaired) electrons. The lowest BCUT2D eigenvalue weighted by atomic mass is 10.0. The lowest BCUT2D eigenvalue weighted by Crippen LogP contribution is -2.26. The number of primary amides is 1. The van der Waals surface area contributed by atoms with Crippen LogP contribution in [0.15, 0.2) is 85.1 Å². The maximum Gasteiger partial charge on any atom is 0.258 e. The smallest absolute Gasteiger partial charge is 0.258 e. The van der Waals surface area contributed by atoms with Crippen LogP contribution in [0.5, 0.6) is 23.0 Å². The molecule has 4 aromatic carbocycles. The minimum Gasteiger partial charge on any atom is -0.497 e. The third kappa shape index (κ3) is 4.55. The number of pyridine rings is 1. The molecule has 5 rings (SSSR count). The van der Waals surface area contributed by atoms with Crippen molar-refractivity contribution < 1.29 is 23.8 Å². The molecule has 0 fully saturated rings. The van der Waals surface area contributed by atoms with E-state index in [2.05, 4.69) is 4.98 Å². The quantitative estimate of drug-likeness (QED) is 0.309. The third-order valence-corrected chi connectivity index (χ3v) is 6.34. The van der Waals surface area contributed by atoms with Gasteiger partial charge >= 0.3 is 0 Å². The van der Waals surface area contributed by atoms with Gasteiger partial charge in [0.1, 0.15) is 23.0 Å². The van der Waals surface area contributed by atoms with E-state index >= 15 is 0 Å². The van der Waals surface area contributed by atoms with Crippen LogP contribution in [0, 0.1) is 0 Å². The first kappa shape index (κ1) is 24.6. The van der Waals surface area contributed by atoms with Crippen LogP contribution in [0.1, 0.15) is 20.7 Å². The number of methoxy groups -OCH3 is 2. The lowest BCUT2D eigenvalue weighted by molar-refractivity contribution is 0.0987. The maximum atomic E-state index is 13.4. The Hall–Kier alpha value is -5.11. The zero-order valence-electron chi connectivity index (χ0n) is 21.1. The van der Waals surface area contributed by atoms with Crippen LogP contribution in [-0.4, -0.2) is 38.1 Å². The summed E-state index contributed by atoms with van der Waals surface area (Å²) < 4.78 is 16.8. The van der Waals surface area contributed by atoms with Gasteiger partial charge in [-0.3, -0.25) is 14.6 Å². The molecule has 0 spiro atoms. The van der Waals surface area contributed by atoms with E-state index in [1.54, 1.807) is 55.6 Å². The molecule has 0 saturated heterocycles. The molecule has 8 heteroatoms. The van der Waals surface area contributed by atoms with Gasteiger partial charge in [0.2, 0.25) is 0 Å². The predicted octanol–water partition coefficient (Wildman–Crippen LogP) is 5.57. The highest BCUT2D eigenvalue weighted by atomic mass is 16.5. The number of fused-ring (bicyclic) bond motifs is 2. The summed E-state index contributed by atoms with van der Waals surface area (Å²) in [6.07, 6.45) is 1.62. The third-order valence-electron chi connectivity index (χ3n) is 6.34. The van der Waals surface area contributed by atoms with E-state index in [0.29, 0.717) is 39.5 Å². The first-order valence-electron chi connectivity index (χ1n) is 11.8. The predicted molar refractivity (Wildman–Crippen MR) is 147 cm³/mol. The van der Waals surface area contributed by atoms with E-state index in [0.717, 1.165) is 16.5 Å².